The number of hydrogen-bond acceptors (Lipinski definition) is 4. The molecular weight excluding hydrogens is 326 g/mol. The zero-order valence-corrected chi connectivity index (χ0v) is 15.8. The maximum absolute atomic E-state index is 11.5. The Kier molecular flexibility index (Phi) is 6.67. The van der Waals surface area contributed by atoms with Crippen LogP contribution in [0.1, 0.15) is 68.1 Å². The Hall–Kier alpha value is -1.88. The molecule has 1 fully saturated rings. The Morgan fingerprint density at radius 2 is 2.15 bits per heavy atom. The number of carbonyl (C=O) groups excluding carboxylic acids is 1. The molecule has 1 amide bonds. The van der Waals surface area contributed by atoms with E-state index in [1.807, 2.05) is 6.92 Å². The van der Waals surface area contributed by atoms with Crippen LogP contribution < -0.4 is 5.32 Å². The van der Waals surface area contributed by atoms with Crippen molar-refractivity contribution in [2.75, 3.05) is 13.1 Å². The second-order valence-electron chi connectivity index (χ2n) is 7.81. The van der Waals surface area contributed by atoms with E-state index in [-0.39, 0.29) is 11.9 Å². The summed E-state index contributed by atoms with van der Waals surface area (Å²) in [6, 6.07) is 6.89. The van der Waals surface area contributed by atoms with E-state index in [1.165, 1.54) is 37.7 Å². The van der Waals surface area contributed by atoms with Crippen LogP contribution in [0.4, 0.5) is 0 Å². The van der Waals surface area contributed by atoms with E-state index in [4.69, 9.17) is 5.21 Å². The molecule has 0 radical (unpaired) electrons. The SMILES string of the molecule is C[C@@H](CN1CCCc2c(cccc2C2CCCCC2)C1)NC(=O)/C=N\O. The van der Waals surface area contributed by atoms with Crippen molar-refractivity contribution in [3.05, 3.63) is 34.9 Å². The second kappa shape index (κ2) is 9.17. The van der Waals surface area contributed by atoms with Crippen LogP contribution in [0.2, 0.25) is 0 Å². The number of carbonyl (C=O) groups is 1. The van der Waals surface area contributed by atoms with Gasteiger partial charge in [-0.05, 0) is 61.8 Å². The molecule has 3 rings (SSSR count). The molecule has 5 nitrogen and oxygen atoms in total. The standard InChI is InChI=1S/C21H31N3O2/c1-16(23-21(25)13-22-26)14-24-12-6-11-20-18(15-24)9-5-10-19(20)17-7-3-2-4-8-17/h5,9-10,13,16-17,26H,2-4,6-8,11-12,14-15H2,1H3,(H,23,25)/b22-13-/t16-/m0/s1. The lowest BCUT2D eigenvalue weighted by atomic mass is 9.80. The van der Waals surface area contributed by atoms with E-state index in [1.54, 1.807) is 11.1 Å². The van der Waals surface area contributed by atoms with Gasteiger partial charge in [-0.25, -0.2) is 0 Å². The van der Waals surface area contributed by atoms with Gasteiger partial charge in [0.05, 0.1) is 0 Å². The zero-order chi connectivity index (χ0) is 18.4. The molecule has 0 bridgehead atoms. The molecule has 1 saturated carbocycles. The zero-order valence-electron chi connectivity index (χ0n) is 15.8. The van der Waals surface area contributed by atoms with Crippen LogP contribution in [-0.2, 0) is 17.8 Å². The third kappa shape index (κ3) is 4.85. The Labute approximate surface area is 156 Å². The number of amides is 1. The van der Waals surface area contributed by atoms with Crippen molar-refractivity contribution in [3.8, 4) is 0 Å². The van der Waals surface area contributed by atoms with E-state index < -0.39 is 0 Å². The van der Waals surface area contributed by atoms with Gasteiger partial charge in [-0.15, -0.1) is 0 Å². The maximum atomic E-state index is 11.5. The van der Waals surface area contributed by atoms with Gasteiger partial charge in [-0.1, -0.05) is 42.6 Å². The van der Waals surface area contributed by atoms with Crippen LogP contribution >= 0.6 is 0 Å². The molecule has 0 saturated heterocycles. The molecule has 2 aliphatic rings. The van der Waals surface area contributed by atoms with Gasteiger partial charge >= 0.3 is 0 Å². The molecule has 26 heavy (non-hydrogen) atoms. The van der Waals surface area contributed by atoms with Crippen LogP contribution in [0.25, 0.3) is 0 Å². The average Bonchev–Trinajstić information content (AvgIpc) is 2.84. The smallest absolute Gasteiger partial charge is 0.266 e. The van der Waals surface area contributed by atoms with Crippen molar-refractivity contribution in [2.24, 2.45) is 5.16 Å². The van der Waals surface area contributed by atoms with Gasteiger partial charge < -0.3 is 10.5 Å². The third-order valence-electron chi connectivity index (χ3n) is 5.75. The number of nitrogens with zero attached hydrogens (tertiary/aromatic N) is 2. The topological polar surface area (TPSA) is 64.9 Å². The van der Waals surface area contributed by atoms with E-state index in [0.717, 1.165) is 44.6 Å². The molecule has 1 aromatic rings. The van der Waals surface area contributed by atoms with E-state index in [9.17, 15) is 4.79 Å². The Balaban J connectivity index is 1.67. The predicted octanol–water partition coefficient (Wildman–Crippen LogP) is 3.45. The monoisotopic (exact) mass is 357 g/mol. The first-order valence-corrected chi connectivity index (χ1v) is 9.98. The van der Waals surface area contributed by atoms with Crippen molar-refractivity contribution < 1.29 is 10.0 Å². The molecule has 2 N–H and O–H groups in total. The number of rotatable bonds is 5. The second-order valence-corrected chi connectivity index (χ2v) is 7.81. The molecule has 0 aromatic heterocycles. The lowest BCUT2D eigenvalue weighted by Crippen LogP contribution is -2.42. The molecule has 0 unspecified atom stereocenters. The molecule has 142 valence electrons. The summed E-state index contributed by atoms with van der Waals surface area (Å²) in [6.07, 6.45) is 10.1. The summed E-state index contributed by atoms with van der Waals surface area (Å²) >= 11 is 0. The normalized spacial score (nSPS) is 20.5. The first-order chi connectivity index (χ1) is 12.7. The van der Waals surface area contributed by atoms with E-state index >= 15 is 0 Å². The van der Waals surface area contributed by atoms with Crippen molar-refractivity contribution in [1.29, 1.82) is 0 Å². The quantitative estimate of drug-likeness (QED) is 0.482. The molecule has 1 atom stereocenters. The minimum Gasteiger partial charge on any atom is -0.411 e. The lowest BCUT2D eigenvalue weighted by molar-refractivity contribution is -0.115. The fraction of sp³-hybridized carbons (Fsp3) is 0.619. The van der Waals surface area contributed by atoms with Crippen molar-refractivity contribution >= 4 is 12.1 Å². The average molecular weight is 357 g/mol. The summed E-state index contributed by atoms with van der Waals surface area (Å²) in [7, 11) is 0. The van der Waals surface area contributed by atoms with Gasteiger partial charge in [0.25, 0.3) is 5.91 Å². The van der Waals surface area contributed by atoms with Crippen LogP contribution in [0, 0.1) is 0 Å². The highest BCUT2D eigenvalue weighted by atomic mass is 16.4. The summed E-state index contributed by atoms with van der Waals surface area (Å²) in [5, 5.41) is 14.1. The third-order valence-corrected chi connectivity index (χ3v) is 5.75. The predicted molar refractivity (Wildman–Crippen MR) is 104 cm³/mol. The van der Waals surface area contributed by atoms with Crippen molar-refractivity contribution in [3.63, 3.8) is 0 Å². The van der Waals surface area contributed by atoms with Crippen LogP contribution in [-0.4, -0.2) is 41.4 Å². The first-order valence-electron chi connectivity index (χ1n) is 9.98. The molecule has 1 aromatic carbocycles. The molecule has 1 heterocycles. The number of benzene rings is 1. The number of fused-ring (bicyclic) bond motifs is 1. The number of hydrogen-bond donors (Lipinski definition) is 2. The fourth-order valence-corrected chi connectivity index (χ4v) is 4.62. The van der Waals surface area contributed by atoms with Gasteiger partial charge in [0.2, 0.25) is 0 Å². The Bertz CT molecular complexity index is 638. The molecule has 1 aliphatic carbocycles. The number of oxime groups is 1. The summed E-state index contributed by atoms with van der Waals surface area (Å²) in [5.41, 5.74) is 4.65. The minimum absolute atomic E-state index is 0.0172. The largest absolute Gasteiger partial charge is 0.411 e. The van der Waals surface area contributed by atoms with Crippen LogP contribution in [0.3, 0.4) is 0 Å². The Morgan fingerprint density at radius 1 is 1.35 bits per heavy atom. The van der Waals surface area contributed by atoms with Crippen LogP contribution in [0.15, 0.2) is 23.4 Å². The molecule has 5 heteroatoms. The van der Waals surface area contributed by atoms with Gasteiger partial charge in [0, 0.05) is 19.1 Å². The summed E-state index contributed by atoms with van der Waals surface area (Å²) < 4.78 is 0. The fourth-order valence-electron chi connectivity index (χ4n) is 4.62. The van der Waals surface area contributed by atoms with E-state index in [2.05, 4.69) is 33.6 Å². The first kappa shape index (κ1) is 18.9. The van der Waals surface area contributed by atoms with Crippen molar-refractivity contribution in [2.45, 2.75) is 70.4 Å². The Morgan fingerprint density at radius 3 is 2.92 bits per heavy atom. The van der Waals surface area contributed by atoms with Crippen molar-refractivity contribution in [1.82, 2.24) is 10.2 Å². The minimum atomic E-state index is -0.352. The van der Waals surface area contributed by atoms with Gasteiger partial charge in [0.15, 0.2) is 0 Å². The molecular formula is C21H31N3O2. The van der Waals surface area contributed by atoms with Gasteiger partial charge in [-0.3, -0.25) is 9.69 Å². The molecule has 0 spiro atoms. The summed E-state index contributed by atoms with van der Waals surface area (Å²) in [4.78, 5) is 14.0. The van der Waals surface area contributed by atoms with E-state index in [0.29, 0.717) is 0 Å². The lowest BCUT2D eigenvalue weighted by Gasteiger charge is -2.26. The molecule has 1 aliphatic heterocycles. The number of nitrogens with one attached hydrogen (secondary N) is 1. The van der Waals surface area contributed by atoms with Gasteiger partial charge in [-0.2, -0.15) is 0 Å². The van der Waals surface area contributed by atoms with Crippen LogP contribution in [0.5, 0.6) is 0 Å². The highest BCUT2D eigenvalue weighted by Crippen LogP contribution is 2.36. The summed E-state index contributed by atoms with van der Waals surface area (Å²) in [5.74, 6) is 0.399. The maximum Gasteiger partial charge on any atom is 0.266 e. The highest BCUT2D eigenvalue weighted by molar-refractivity contribution is 6.26. The van der Waals surface area contributed by atoms with Gasteiger partial charge in [0.1, 0.15) is 6.21 Å². The summed E-state index contributed by atoms with van der Waals surface area (Å²) in [6.45, 7) is 4.79. The highest BCUT2D eigenvalue weighted by Gasteiger charge is 2.23.